The highest BCUT2D eigenvalue weighted by atomic mass is 35.5. The number of methoxy groups -OCH3 is 3. The Morgan fingerprint density at radius 2 is 1.62 bits per heavy atom. The minimum absolute atomic E-state index is 0.223. The van der Waals surface area contributed by atoms with Gasteiger partial charge in [-0.2, -0.15) is 0 Å². The third-order valence-electron chi connectivity index (χ3n) is 4.99. The molecule has 1 unspecified atom stereocenters. The third-order valence-corrected chi connectivity index (χ3v) is 5.22. The average molecular weight is 419 g/mol. The van der Waals surface area contributed by atoms with Crippen LogP contribution in [0.1, 0.15) is 17.3 Å². The van der Waals surface area contributed by atoms with Crippen LogP contribution in [0.15, 0.2) is 36.4 Å². The fourth-order valence-corrected chi connectivity index (χ4v) is 3.63. The van der Waals surface area contributed by atoms with Gasteiger partial charge in [0.05, 0.1) is 27.0 Å². The molecule has 7 nitrogen and oxygen atoms in total. The van der Waals surface area contributed by atoms with Crippen LogP contribution in [0.25, 0.3) is 0 Å². The lowest BCUT2D eigenvalue weighted by Crippen LogP contribution is -2.57. The van der Waals surface area contributed by atoms with Crippen molar-refractivity contribution in [3.8, 4) is 17.2 Å². The van der Waals surface area contributed by atoms with Crippen LogP contribution in [0.5, 0.6) is 17.2 Å². The van der Waals surface area contributed by atoms with Gasteiger partial charge in [0.15, 0.2) is 0 Å². The first-order valence-corrected chi connectivity index (χ1v) is 9.47. The van der Waals surface area contributed by atoms with Gasteiger partial charge in [-0.1, -0.05) is 17.7 Å². The quantitative estimate of drug-likeness (QED) is 0.745. The summed E-state index contributed by atoms with van der Waals surface area (Å²) in [5, 5.41) is 0.499. The summed E-state index contributed by atoms with van der Waals surface area (Å²) < 4.78 is 16.1. The van der Waals surface area contributed by atoms with E-state index in [-0.39, 0.29) is 11.8 Å². The molecule has 1 aliphatic heterocycles. The molecule has 2 amide bonds. The summed E-state index contributed by atoms with van der Waals surface area (Å²) in [4.78, 5) is 29.5. The van der Waals surface area contributed by atoms with Crippen LogP contribution in [0, 0.1) is 0 Å². The van der Waals surface area contributed by atoms with Crippen LogP contribution in [-0.2, 0) is 4.79 Å². The van der Waals surface area contributed by atoms with E-state index in [1.54, 1.807) is 48.2 Å². The molecule has 0 N–H and O–H groups in total. The fraction of sp³-hybridized carbons (Fsp3) is 0.333. The highest BCUT2D eigenvalue weighted by Gasteiger charge is 2.38. The first-order valence-electron chi connectivity index (χ1n) is 9.09. The Balaban J connectivity index is 1.91. The van der Waals surface area contributed by atoms with Gasteiger partial charge in [-0.3, -0.25) is 9.59 Å². The lowest BCUT2D eigenvalue weighted by molar-refractivity contribution is -0.124. The van der Waals surface area contributed by atoms with Crippen LogP contribution in [0.3, 0.4) is 0 Å². The zero-order chi connectivity index (χ0) is 21.1. The van der Waals surface area contributed by atoms with E-state index in [9.17, 15) is 9.59 Å². The van der Waals surface area contributed by atoms with Gasteiger partial charge < -0.3 is 24.0 Å². The molecule has 1 saturated heterocycles. The van der Waals surface area contributed by atoms with Crippen molar-refractivity contribution in [2.45, 2.75) is 13.0 Å². The first-order chi connectivity index (χ1) is 13.9. The monoisotopic (exact) mass is 418 g/mol. The number of amides is 2. The first kappa shape index (κ1) is 20.8. The zero-order valence-electron chi connectivity index (χ0n) is 16.8. The van der Waals surface area contributed by atoms with E-state index >= 15 is 0 Å². The molecular formula is C21H23ClN2O5. The summed E-state index contributed by atoms with van der Waals surface area (Å²) in [7, 11) is 4.52. The number of hydrogen-bond acceptors (Lipinski definition) is 5. The molecule has 154 valence electrons. The second-order valence-corrected chi connectivity index (χ2v) is 6.95. The van der Waals surface area contributed by atoms with E-state index in [4.69, 9.17) is 25.8 Å². The molecule has 1 aliphatic rings. The van der Waals surface area contributed by atoms with Crippen molar-refractivity contribution in [1.82, 2.24) is 4.90 Å². The minimum atomic E-state index is -0.686. The molecule has 1 heterocycles. The topological polar surface area (TPSA) is 68.3 Å². The van der Waals surface area contributed by atoms with E-state index in [2.05, 4.69) is 0 Å². The number of benzene rings is 2. The van der Waals surface area contributed by atoms with Crippen molar-refractivity contribution < 1.29 is 23.8 Å². The van der Waals surface area contributed by atoms with Crippen molar-refractivity contribution in [1.29, 1.82) is 0 Å². The van der Waals surface area contributed by atoms with Crippen molar-refractivity contribution in [2.75, 3.05) is 39.3 Å². The van der Waals surface area contributed by atoms with Gasteiger partial charge in [0.25, 0.3) is 5.91 Å². The molecule has 29 heavy (non-hydrogen) atoms. The molecule has 0 saturated carbocycles. The maximum atomic E-state index is 13.3. The average Bonchev–Trinajstić information content (AvgIpc) is 2.74. The predicted octanol–water partition coefficient (Wildman–Crippen LogP) is 3.24. The summed E-state index contributed by atoms with van der Waals surface area (Å²) in [5.41, 5.74) is 0.879. The van der Waals surface area contributed by atoms with Crippen molar-refractivity contribution >= 4 is 29.1 Å². The van der Waals surface area contributed by atoms with Crippen LogP contribution in [-0.4, -0.2) is 57.2 Å². The summed E-state index contributed by atoms with van der Waals surface area (Å²) in [6.45, 7) is 2.34. The number of rotatable bonds is 5. The van der Waals surface area contributed by atoms with E-state index in [1.165, 1.54) is 26.2 Å². The lowest BCUT2D eigenvalue weighted by atomic mass is 10.1. The lowest BCUT2D eigenvalue weighted by Gasteiger charge is -2.39. The van der Waals surface area contributed by atoms with Crippen LogP contribution < -0.4 is 19.1 Å². The number of anilines is 1. The Bertz CT molecular complexity index is 911. The van der Waals surface area contributed by atoms with Crippen molar-refractivity contribution in [2.24, 2.45) is 0 Å². The molecule has 2 aromatic rings. The Hall–Kier alpha value is -2.93. The molecule has 0 aliphatic carbocycles. The Labute approximate surface area is 174 Å². The van der Waals surface area contributed by atoms with Gasteiger partial charge in [0.2, 0.25) is 5.91 Å². The molecule has 0 radical (unpaired) electrons. The molecule has 3 rings (SSSR count). The van der Waals surface area contributed by atoms with Gasteiger partial charge in [-0.25, -0.2) is 0 Å². The predicted molar refractivity (Wildman–Crippen MR) is 110 cm³/mol. The summed E-state index contributed by atoms with van der Waals surface area (Å²) in [6, 6.07) is 9.54. The molecule has 1 atom stereocenters. The van der Waals surface area contributed by atoms with Crippen LogP contribution in [0.2, 0.25) is 5.02 Å². The number of nitrogens with zero attached hydrogens (tertiary/aromatic N) is 2. The molecule has 8 heteroatoms. The Morgan fingerprint density at radius 1 is 1.00 bits per heavy atom. The largest absolute Gasteiger partial charge is 0.496 e. The van der Waals surface area contributed by atoms with Crippen molar-refractivity contribution in [3.05, 3.63) is 47.0 Å². The van der Waals surface area contributed by atoms with E-state index in [1.807, 2.05) is 0 Å². The van der Waals surface area contributed by atoms with Gasteiger partial charge in [0.1, 0.15) is 28.9 Å². The Kier molecular flexibility index (Phi) is 6.17. The van der Waals surface area contributed by atoms with Crippen molar-refractivity contribution in [3.63, 3.8) is 0 Å². The number of halogens is 1. The standard InChI is InChI=1S/C21H23ClN2O5/c1-13-20(25)24(15-12-14(22)8-9-16(15)27-2)11-10-23(13)21(26)19-17(28-3)6-5-7-18(19)29-4/h5-9,12-13H,10-11H2,1-4H3. The summed E-state index contributed by atoms with van der Waals surface area (Å²) >= 11 is 6.12. The highest BCUT2D eigenvalue weighted by Crippen LogP contribution is 2.35. The summed E-state index contributed by atoms with van der Waals surface area (Å²) in [6.07, 6.45) is 0. The maximum absolute atomic E-state index is 13.3. The van der Waals surface area contributed by atoms with E-state index < -0.39 is 6.04 Å². The zero-order valence-corrected chi connectivity index (χ0v) is 17.5. The van der Waals surface area contributed by atoms with Gasteiger partial charge >= 0.3 is 0 Å². The van der Waals surface area contributed by atoms with Crippen LogP contribution in [0.4, 0.5) is 5.69 Å². The number of hydrogen-bond donors (Lipinski definition) is 0. The second-order valence-electron chi connectivity index (χ2n) is 6.52. The number of ether oxygens (including phenoxy) is 3. The maximum Gasteiger partial charge on any atom is 0.262 e. The second kappa shape index (κ2) is 8.61. The van der Waals surface area contributed by atoms with Gasteiger partial charge in [-0.15, -0.1) is 0 Å². The fourth-order valence-electron chi connectivity index (χ4n) is 3.47. The van der Waals surface area contributed by atoms with Gasteiger partial charge in [-0.05, 0) is 37.3 Å². The molecule has 2 aromatic carbocycles. The van der Waals surface area contributed by atoms with Crippen LogP contribution >= 0.6 is 11.6 Å². The molecular weight excluding hydrogens is 396 g/mol. The number of carbonyl (C=O) groups is 2. The SMILES string of the molecule is COc1ccc(Cl)cc1N1CCN(C(=O)c2c(OC)cccc2OC)C(C)C1=O. The molecule has 0 aromatic heterocycles. The number of piperazine rings is 1. The Morgan fingerprint density at radius 3 is 2.21 bits per heavy atom. The van der Waals surface area contributed by atoms with Gasteiger partial charge in [0, 0.05) is 18.1 Å². The van der Waals surface area contributed by atoms with E-state index in [0.29, 0.717) is 46.6 Å². The smallest absolute Gasteiger partial charge is 0.262 e. The number of carbonyl (C=O) groups excluding carboxylic acids is 2. The van der Waals surface area contributed by atoms with E-state index in [0.717, 1.165) is 0 Å². The molecule has 0 spiro atoms. The third kappa shape index (κ3) is 3.82. The molecule has 1 fully saturated rings. The highest BCUT2D eigenvalue weighted by molar-refractivity contribution is 6.31. The molecule has 0 bridgehead atoms. The minimum Gasteiger partial charge on any atom is -0.496 e. The summed E-state index contributed by atoms with van der Waals surface area (Å²) in [5.74, 6) is 0.791. The normalized spacial score (nSPS) is 16.6.